The summed E-state index contributed by atoms with van der Waals surface area (Å²) in [6.45, 7) is 5.75. The number of nitrogens with zero attached hydrogens (tertiary/aromatic N) is 2. The first kappa shape index (κ1) is 17.4. The number of aromatic nitrogens is 4. The van der Waals surface area contributed by atoms with E-state index < -0.39 is 0 Å². The van der Waals surface area contributed by atoms with Gasteiger partial charge in [0.05, 0.1) is 12.4 Å². The summed E-state index contributed by atoms with van der Waals surface area (Å²) in [6.07, 6.45) is 9.28. The summed E-state index contributed by atoms with van der Waals surface area (Å²) < 4.78 is 0. The number of hydrogen-bond acceptors (Lipinski definition) is 4. The summed E-state index contributed by atoms with van der Waals surface area (Å²) in [5, 5.41) is 25.2. The van der Waals surface area contributed by atoms with Crippen LogP contribution in [0.2, 0.25) is 0 Å². The molecular formula is C21H31N5O. The Kier molecular flexibility index (Phi) is 3.82. The smallest absolute Gasteiger partial charge is 0.0522 e. The third kappa shape index (κ3) is 2.26. The Morgan fingerprint density at radius 1 is 1.15 bits per heavy atom. The summed E-state index contributed by atoms with van der Waals surface area (Å²) in [6, 6.07) is 0. The molecule has 1 fully saturated rings. The molecule has 0 unspecified atom stereocenters. The number of H-pyrrole nitrogens is 2. The lowest BCUT2D eigenvalue weighted by Gasteiger charge is -2.55. The van der Waals surface area contributed by atoms with Gasteiger partial charge in [-0.2, -0.15) is 10.2 Å². The van der Waals surface area contributed by atoms with Gasteiger partial charge in [-0.15, -0.1) is 0 Å². The standard InChI is InChI=1S/C21H31N5O/c1-20-4-3-16(15(8-22)17(20)5-12-9-24-26-19(12)20)21(2)7-13-10-23-25-18(13)6-14(21)11-27/h9-10,14-17,27H,3-8,11,22H2,1-2H3,(H,23,25)(H,24,26)/t14-,15-,16+,17+,20+,21+/m1/s1. The molecule has 2 heterocycles. The minimum absolute atomic E-state index is 0.0611. The van der Waals surface area contributed by atoms with Crippen molar-refractivity contribution in [1.29, 1.82) is 0 Å². The van der Waals surface area contributed by atoms with E-state index in [9.17, 15) is 5.11 Å². The molecule has 1 saturated carbocycles. The summed E-state index contributed by atoms with van der Waals surface area (Å²) in [7, 11) is 0. The number of nitrogens with two attached hydrogens (primary N) is 1. The number of hydrogen-bond donors (Lipinski definition) is 4. The Morgan fingerprint density at radius 2 is 1.93 bits per heavy atom. The van der Waals surface area contributed by atoms with E-state index in [4.69, 9.17) is 5.73 Å². The van der Waals surface area contributed by atoms with Gasteiger partial charge in [0.25, 0.3) is 0 Å². The van der Waals surface area contributed by atoms with Crippen LogP contribution >= 0.6 is 0 Å². The normalized spacial score (nSPS) is 40.4. The highest BCUT2D eigenvalue weighted by atomic mass is 16.3. The monoisotopic (exact) mass is 369 g/mol. The van der Waals surface area contributed by atoms with Crippen LogP contribution in [0.5, 0.6) is 0 Å². The van der Waals surface area contributed by atoms with Crippen LogP contribution in [0.15, 0.2) is 12.4 Å². The van der Waals surface area contributed by atoms with Gasteiger partial charge in [0.2, 0.25) is 0 Å². The molecule has 27 heavy (non-hydrogen) atoms. The summed E-state index contributed by atoms with van der Waals surface area (Å²) in [4.78, 5) is 0. The Hall–Kier alpha value is -1.66. The van der Waals surface area contributed by atoms with Crippen molar-refractivity contribution in [3.63, 3.8) is 0 Å². The minimum atomic E-state index is 0.0611. The van der Waals surface area contributed by atoms with Gasteiger partial charge in [0.15, 0.2) is 0 Å². The van der Waals surface area contributed by atoms with Crippen LogP contribution in [0.1, 0.15) is 49.2 Å². The molecule has 0 radical (unpaired) electrons. The highest BCUT2D eigenvalue weighted by Gasteiger charge is 2.57. The zero-order chi connectivity index (χ0) is 18.8. The number of aliphatic hydroxyl groups is 1. The van der Waals surface area contributed by atoms with E-state index in [1.165, 1.54) is 28.9 Å². The molecule has 2 aromatic rings. The van der Waals surface area contributed by atoms with Gasteiger partial charge >= 0.3 is 0 Å². The maximum atomic E-state index is 10.2. The van der Waals surface area contributed by atoms with Crippen LogP contribution in [0.4, 0.5) is 0 Å². The first-order valence-corrected chi connectivity index (χ1v) is 10.4. The maximum Gasteiger partial charge on any atom is 0.0522 e. The van der Waals surface area contributed by atoms with Gasteiger partial charge < -0.3 is 10.8 Å². The molecule has 0 aliphatic heterocycles. The van der Waals surface area contributed by atoms with Gasteiger partial charge in [-0.3, -0.25) is 10.2 Å². The lowest BCUT2D eigenvalue weighted by molar-refractivity contribution is -0.0464. The number of aliphatic hydroxyl groups excluding tert-OH is 1. The summed E-state index contributed by atoms with van der Waals surface area (Å²) >= 11 is 0. The Labute approximate surface area is 160 Å². The van der Waals surface area contributed by atoms with Crippen molar-refractivity contribution < 1.29 is 5.11 Å². The quantitative estimate of drug-likeness (QED) is 0.664. The fraction of sp³-hybridized carbons (Fsp3) is 0.714. The maximum absolute atomic E-state index is 10.2. The van der Waals surface area contributed by atoms with Gasteiger partial charge in [0.1, 0.15) is 0 Å². The number of rotatable bonds is 3. The van der Waals surface area contributed by atoms with Gasteiger partial charge in [-0.25, -0.2) is 0 Å². The van der Waals surface area contributed by atoms with Crippen molar-refractivity contribution in [3.05, 3.63) is 34.9 Å². The van der Waals surface area contributed by atoms with E-state index in [-0.39, 0.29) is 23.4 Å². The topological polar surface area (TPSA) is 104 Å². The fourth-order valence-corrected chi connectivity index (χ4v) is 7.05. The van der Waals surface area contributed by atoms with Crippen molar-refractivity contribution >= 4 is 0 Å². The van der Waals surface area contributed by atoms with E-state index in [0.29, 0.717) is 24.3 Å². The SMILES string of the molecule is C[C@]1([C@H]2CC[C@]3(C)c4[nH]ncc4C[C@H]3[C@@H]2CN)Cc2cn[nH]c2C[C@@H]1CO. The van der Waals surface area contributed by atoms with Crippen molar-refractivity contribution in [2.24, 2.45) is 34.8 Å². The van der Waals surface area contributed by atoms with Gasteiger partial charge in [-0.05, 0) is 78.9 Å². The molecule has 0 spiro atoms. The molecular weight excluding hydrogens is 338 g/mol. The average molecular weight is 370 g/mol. The molecule has 6 atom stereocenters. The van der Waals surface area contributed by atoms with Crippen LogP contribution in [-0.2, 0) is 24.7 Å². The molecule has 2 aromatic heterocycles. The molecule has 146 valence electrons. The highest BCUT2D eigenvalue weighted by Crippen LogP contribution is 2.60. The Bertz CT molecular complexity index is 843. The van der Waals surface area contributed by atoms with Crippen molar-refractivity contribution in [1.82, 2.24) is 20.4 Å². The first-order valence-electron chi connectivity index (χ1n) is 10.4. The van der Waals surface area contributed by atoms with Crippen molar-refractivity contribution in [2.75, 3.05) is 13.2 Å². The van der Waals surface area contributed by atoms with E-state index in [0.717, 1.165) is 25.7 Å². The van der Waals surface area contributed by atoms with E-state index in [2.05, 4.69) is 34.2 Å². The average Bonchev–Trinajstić information content (AvgIpc) is 3.35. The largest absolute Gasteiger partial charge is 0.396 e. The van der Waals surface area contributed by atoms with E-state index >= 15 is 0 Å². The van der Waals surface area contributed by atoms with Crippen LogP contribution in [-0.4, -0.2) is 38.7 Å². The highest BCUT2D eigenvalue weighted by molar-refractivity contribution is 5.35. The van der Waals surface area contributed by atoms with Gasteiger partial charge in [0, 0.05) is 23.4 Å². The summed E-state index contributed by atoms with van der Waals surface area (Å²) in [5.74, 6) is 1.82. The minimum Gasteiger partial charge on any atom is -0.396 e. The molecule has 0 bridgehead atoms. The zero-order valence-corrected chi connectivity index (χ0v) is 16.3. The van der Waals surface area contributed by atoms with Crippen LogP contribution in [0.25, 0.3) is 0 Å². The molecule has 5 N–H and O–H groups in total. The second kappa shape index (κ2) is 5.92. The lowest BCUT2D eigenvalue weighted by atomic mass is 9.49. The molecule has 3 aliphatic carbocycles. The van der Waals surface area contributed by atoms with E-state index in [1.807, 2.05) is 12.4 Å². The first-order chi connectivity index (χ1) is 13.0. The molecule has 6 nitrogen and oxygen atoms in total. The molecule has 0 saturated heterocycles. The third-order valence-corrected chi connectivity index (χ3v) is 8.66. The Morgan fingerprint density at radius 3 is 2.70 bits per heavy atom. The van der Waals surface area contributed by atoms with Gasteiger partial charge in [-0.1, -0.05) is 13.8 Å². The number of aromatic amines is 2. The molecule has 6 heteroatoms. The van der Waals surface area contributed by atoms with Crippen LogP contribution in [0.3, 0.4) is 0 Å². The van der Waals surface area contributed by atoms with Crippen LogP contribution < -0.4 is 5.73 Å². The van der Waals surface area contributed by atoms with Crippen molar-refractivity contribution in [2.45, 2.75) is 51.4 Å². The molecule has 0 amide bonds. The Balaban J connectivity index is 1.51. The van der Waals surface area contributed by atoms with Crippen molar-refractivity contribution in [3.8, 4) is 0 Å². The van der Waals surface area contributed by atoms with Crippen LogP contribution in [0, 0.1) is 29.1 Å². The van der Waals surface area contributed by atoms with E-state index in [1.54, 1.807) is 0 Å². The fourth-order valence-electron chi connectivity index (χ4n) is 7.05. The zero-order valence-electron chi connectivity index (χ0n) is 16.3. The lowest BCUT2D eigenvalue weighted by Crippen LogP contribution is -2.54. The molecule has 5 rings (SSSR count). The predicted octanol–water partition coefficient (Wildman–Crippen LogP) is 1.96. The molecule has 3 aliphatic rings. The second-order valence-electron chi connectivity index (χ2n) is 9.68. The number of nitrogens with one attached hydrogen (secondary N) is 2. The predicted molar refractivity (Wildman–Crippen MR) is 103 cm³/mol. The number of fused-ring (bicyclic) bond motifs is 4. The second-order valence-corrected chi connectivity index (χ2v) is 9.68. The third-order valence-electron chi connectivity index (χ3n) is 8.66. The summed E-state index contributed by atoms with van der Waals surface area (Å²) in [5.41, 5.74) is 11.9. The molecule has 0 aromatic carbocycles.